The van der Waals surface area contributed by atoms with Crippen molar-refractivity contribution >= 4 is 29.1 Å². The molecule has 0 aliphatic heterocycles. The summed E-state index contributed by atoms with van der Waals surface area (Å²) in [5, 5.41) is 21.1. The van der Waals surface area contributed by atoms with E-state index in [1.807, 2.05) is 6.92 Å². The van der Waals surface area contributed by atoms with Crippen LogP contribution in [0.4, 0.5) is 0 Å². The third-order valence-electron chi connectivity index (χ3n) is 1.78. The Labute approximate surface area is 105 Å². The summed E-state index contributed by atoms with van der Waals surface area (Å²) in [4.78, 5) is 15.8. The van der Waals surface area contributed by atoms with E-state index in [2.05, 4.69) is 20.5 Å². The van der Waals surface area contributed by atoms with Crippen LogP contribution in [0.15, 0.2) is 11.4 Å². The highest BCUT2D eigenvalue weighted by Gasteiger charge is 2.10. The average Bonchev–Trinajstić information content (AvgIpc) is 2.86. The summed E-state index contributed by atoms with van der Waals surface area (Å²) in [6, 6.07) is 0. The van der Waals surface area contributed by atoms with Crippen LogP contribution in [0, 0.1) is 6.92 Å². The van der Waals surface area contributed by atoms with Crippen molar-refractivity contribution in [2.45, 2.75) is 18.6 Å². The summed E-state index contributed by atoms with van der Waals surface area (Å²) >= 11 is 2.66. The van der Waals surface area contributed by atoms with Crippen LogP contribution in [0.5, 0.6) is 0 Å². The van der Waals surface area contributed by atoms with Gasteiger partial charge in [-0.25, -0.2) is 9.67 Å². The van der Waals surface area contributed by atoms with E-state index >= 15 is 0 Å². The highest BCUT2D eigenvalue weighted by molar-refractivity contribution is 7.99. The summed E-state index contributed by atoms with van der Waals surface area (Å²) in [6.07, 6.45) is 1.79. The molecule has 7 nitrogen and oxygen atoms in total. The molecule has 1 N–H and O–H groups in total. The maximum atomic E-state index is 10.5. The SMILES string of the molecule is Cc1cnc(Cn2nnnc2SCC(=O)O)s1. The average molecular weight is 271 g/mol. The van der Waals surface area contributed by atoms with Gasteiger partial charge in [0, 0.05) is 11.1 Å². The van der Waals surface area contributed by atoms with E-state index in [4.69, 9.17) is 5.11 Å². The molecule has 0 aliphatic rings. The molecule has 2 aromatic rings. The molecule has 0 atom stereocenters. The zero-order valence-corrected chi connectivity index (χ0v) is 10.5. The first kappa shape index (κ1) is 12.0. The fourth-order valence-corrected chi connectivity index (χ4v) is 2.49. The molecule has 0 aliphatic carbocycles. The molecule has 0 aromatic carbocycles. The van der Waals surface area contributed by atoms with Crippen LogP contribution in [0.3, 0.4) is 0 Å². The molecule has 0 spiro atoms. The van der Waals surface area contributed by atoms with Gasteiger partial charge >= 0.3 is 5.97 Å². The number of hydrogen-bond acceptors (Lipinski definition) is 7. The molecule has 0 unspecified atom stereocenters. The molecule has 0 radical (unpaired) electrons. The highest BCUT2D eigenvalue weighted by atomic mass is 32.2. The Hall–Kier alpha value is -1.48. The van der Waals surface area contributed by atoms with Crippen LogP contribution in [-0.4, -0.2) is 42.0 Å². The second kappa shape index (κ2) is 5.23. The number of carbonyl (C=O) groups is 1. The lowest BCUT2D eigenvalue weighted by Gasteiger charge is -1.99. The van der Waals surface area contributed by atoms with Crippen molar-refractivity contribution in [3.63, 3.8) is 0 Å². The minimum absolute atomic E-state index is 0.0583. The normalized spacial score (nSPS) is 10.6. The van der Waals surface area contributed by atoms with E-state index in [1.165, 1.54) is 0 Å². The molecule has 0 amide bonds. The Kier molecular flexibility index (Phi) is 3.69. The maximum absolute atomic E-state index is 10.5. The number of aryl methyl sites for hydroxylation is 1. The number of tetrazole rings is 1. The van der Waals surface area contributed by atoms with E-state index in [9.17, 15) is 4.79 Å². The number of thiazole rings is 1. The largest absolute Gasteiger partial charge is 0.481 e. The van der Waals surface area contributed by atoms with Crippen LogP contribution in [0.2, 0.25) is 0 Å². The Balaban J connectivity index is 2.06. The highest BCUT2D eigenvalue weighted by Crippen LogP contribution is 2.17. The number of aromatic nitrogens is 5. The summed E-state index contributed by atoms with van der Waals surface area (Å²) in [5.74, 6) is -0.952. The number of aliphatic carboxylic acids is 1. The van der Waals surface area contributed by atoms with Gasteiger partial charge in [0.2, 0.25) is 5.16 Å². The van der Waals surface area contributed by atoms with Gasteiger partial charge < -0.3 is 5.11 Å². The monoisotopic (exact) mass is 271 g/mol. The molecule has 90 valence electrons. The molecule has 0 fully saturated rings. The van der Waals surface area contributed by atoms with Crippen molar-refractivity contribution in [1.29, 1.82) is 0 Å². The fourth-order valence-electron chi connectivity index (χ4n) is 1.13. The summed E-state index contributed by atoms with van der Waals surface area (Å²) in [5.41, 5.74) is 0. The fraction of sp³-hybridized carbons (Fsp3) is 0.375. The zero-order valence-electron chi connectivity index (χ0n) is 8.90. The topological polar surface area (TPSA) is 93.8 Å². The van der Waals surface area contributed by atoms with Crippen molar-refractivity contribution < 1.29 is 9.90 Å². The number of carboxylic acids is 1. The molecule has 2 heterocycles. The van der Waals surface area contributed by atoms with Crippen LogP contribution in [0.25, 0.3) is 0 Å². The molecule has 2 aromatic heterocycles. The van der Waals surface area contributed by atoms with Gasteiger partial charge in [-0.15, -0.1) is 16.4 Å². The van der Waals surface area contributed by atoms with E-state index < -0.39 is 5.97 Å². The molecule has 17 heavy (non-hydrogen) atoms. The lowest BCUT2D eigenvalue weighted by Crippen LogP contribution is -2.05. The lowest BCUT2D eigenvalue weighted by molar-refractivity contribution is -0.133. The van der Waals surface area contributed by atoms with Crippen LogP contribution >= 0.6 is 23.1 Å². The number of carboxylic acid groups (broad SMARTS) is 1. The van der Waals surface area contributed by atoms with E-state index in [1.54, 1.807) is 22.2 Å². The van der Waals surface area contributed by atoms with E-state index in [-0.39, 0.29) is 5.75 Å². The van der Waals surface area contributed by atoms with E-state index in [0.29, 0.717) is 11.7 Å². The maximum Gasteiger partial charge on any atom is 0.313 e. The molecular weight excluding hydrogens is 262 g/mol. The Bertz CT molecular complexity index is 523. The van der Waals surface area contributed by atoms with Gasteiger partial charge in [0.15, 0.2) is 0 Å². The Morgan fingerprint density at radius 3 is 3.12 bits per heavy atom. The standard InChI is InChI=1S/C8H9N5O2S2/c1-5-2-9-6(17-5)3-13-8(10-11-12-13)16-4-7(14)15/h2H,3-4H2,1H3,(H,14,15). The van der Waals surface area contributed by atoms with Crippen LogP contribution < -0.4 is 0 Å². The molecule has 9 heteroatoms. The lowest BCUT2D eigenvalue weighted by atomic mass is 10.6. The van der Waals surface area contributed by atoms with Gasteiger partial charge in [-0.3, -0.25) is 4.79 Å². The summed E-state index contributed by atoms with van der Waals surface area (Å²) in [6.45, 7) is 2.44. The van der Waals surface area contributed by atoms with Gasteiger partial charge in [-0.05, 0) is 17.4 Å². The first-order valence-corrected chi connectivity index (χ1v) is 6.47. The number of thioether (sulfide) groups is 1. The predicted octanol–water partition coefficient (Wildman–Crippen LogP) is 0.663. The first-order chi connectivity index (χ1) is 8.15. The molecule has 0 saturated carbocycles. The summed E-state index contributed by atoms with van der Waals surface area (Å²) in [7, 11) is 0. The minimum Gasteiger partial charge on any atom is -0.481 e. The second-order valence-corrected chi connectivity index (χ2v) is 5.43. The Morgan fingerprint density at radius 2 is 2.47 bits per heavy atom. The summed E-state index contributed by atoms with van der Waals surface area (Å²) < 4.78 is 1.55. The molecule has 0 saturated heterocycles. The van der Waals surface area contributed by atoms with Crippen molar-refractivity contribution in [2.24, 2.45) is 0 Å². The number of hydrogen-bond donors (Lipinski definition) is 1. The van der Waals surface area contributed by atoms with Crippen molar-refractivity contribution in [3.05, 3.63) is 16.1 Å². The smallest absolute Gasteiger partial charge is 0.313 e. The van der Waals surface area contributed by atoms with Crippen LogP contribution in [-0.2, 0) is 11.3 Å². The van der Waals surface area contributed by atoms with Crippen molar-refractivity contribution in [2.75, 3.05) is 5.75 Å². The van der Waals surface area contributed by atoms with Crippen LogP contribution in [0.1, 0.15) is 9.88 Å². The van der Waals surface area contributed by atoms with Gasteiger partial charge in [-0.2, -0.15) is 0 Å². The molecule has 0 bridgehead atoms. The van der Waals surface area contributed by atoms with Gasteiger partial charge in [0.1, 0.15) is 5.01 Å². The van der Waals surface area contributed by atoms with E-state index in [0.717, 1.165) is 21.6 Å². The third kappa shape index (κ3) is 3.24. The molecular formula is C8H9N5O2S2. The number of rotatable bonds is 5. The van der Waals surface area contributed by atoms with Crippen molar-refractivity contribution in [1.82, 2.24) is 25.2 Å². The molecule has 2 rings (SSSR count). The first-order valence-electron chi connectivity index (χ1n) is 4.67. The predicted molar refractivity (Wildman–Crippen MR) is 62.1 cm³/mol. The quantitative estimate of drug-likeness (QED) is 0.798. The van der Waals surface area contributed by atoms with Gasteiger partial charge in [0.05, 0.1) is 12.3 Å². The Morgan fingerprint density at radius 1 is 1.65 bits per heavy atom. The van der Waals surface area contributed by atoms with Gasteiger partial charge in [-0.1, -0.05) is 11.8 Å². The number of nitrogens with zero attached hydrogens (tertiary/aromatic N) is 5. The van der Waals surface area contributed by atoms with Crippen molar-refractivity contribution in [3.8, 4) is 0 Å². The minimum atomic E-state index is -0.894. The van der Waals surface area contributed by atoms with Gasteiger partial charge in [0.25, 0.3) is 0 Å². The zero-order chi connectivity index (χ0) is 12.3. The third-order valence-corrected chi connectivity index (χ3v) is 3.62. The second-order valence-electron chi connectivity index (χ2n) is 3.17.